The zero-order valence-electron chi connectivity index (χ0n) is 18.1. The number of hydrogen-bond donors (Lipinski definition) is 3. The van der Waals surface area contributed by atoms with Crippen LogP contribution in [0.1, 0.15) is 51.0 Å². The van der Waals surface area contributed by atoms with Crippen LogP contribution in [0.2, 0.25) is 0 Å². The molecule has 0 aliphatic heterocycles. The molecule has 1 unspecified atom stereocenters. The van der Waals surface area contributed by atoms with Crippen molar-refractivity contribution in [2.45, 2.75) is 58.4 Å². The van der Waals surface area contributed by atoms with Gasteiger partial charge in [0.15, 0.2) is 13.1 Å². The molecule has 4 bridgehead atoms. The molecule has 4 fully saturated rings. The first-order chi connectivity index (χ1) is 13.8. The normalized spacial score (nSPS) is 31.9. The van der Waals surface area contributed by atoms with Crippen LogP contribution in [0.15, 0.2) is 24.3 Å². The second-order valence-corrected chi connectivity index (χ2v) is 10.3. The molecule has 1 aromatic carbocycles. The summed E-state index contributed by atoms with van der Waals surface area (Å²) in [6.07, 6.45) is 8.14. The molecule has 0 heterocycles. The van der Waals surface area contributed by atoms with E-state index in [1.54, 1.807) is 0 Å². The van der Waals surface area contributed by atoms with Crippen LogP contribution in [0.25, 0.3) is 0 Å². The Labute approximate surface area is 174 Å². The quantitative estimate of drug-likeness (QED) is 0.659. The first kappa shape index (κ1) is 20.4. The Hall–Kier alpha value is -1.88. The number of hydrogen-bond acceptors (Lipinski definition) is 2. The van der Waals surface area contributed by atoms with Gasteiger partial charge in [0.2, 0.25) is 0 Å². The predicted molar refractivity (Wildman–Crippen MR) is 115 cm³/mol. The molecular weight excluding hydrogens is 362 g/mol. The molecule has 0 spiro atoms. The lowest BCUT2D eigenvalue weighted by molar-refractivity contribution is -0.862. The molecule has 5 rings (SSSR count). The van der Waals surface area contributed by atoms with Crippen LogP contribution < -0.4 is 15.5 Å². The van der Waals surface area contributed by atoms with Crippen molar-refractivity contribution in [3.05, 3.63) is 29.8 Å². The number of carbonyl (C=O) groups is 2. The standard InChI is InChI=1S/C24H35N3O2/c1-16-4-6-21(7-5-16)26-23(29)15-27(3)14-22(28)25-17(2)24-11-18-8-19(12-24)10-20(9-18)13-24/h4-7,17-20H,8-15H2,1-3H3,(H,25,28)(H,26,29)/p+1/t17-,18?,19?,20?,24?/m0/s1. The Morgan fingerprint density at radius 2 is 1.52 bits per heavy atom. The molecule has 3 N–H and O–H groups in total. The maximum atomic E-state index is 12.7. The third-order valence-electron chi connectivity index (χ3n) is 7.64. The van der Waals surface area contributed by atoms with Crippen LogP contribution >= 0.6 is 0 Å². The van der Waals surface area contributed by atoms with E-state index < -0.39 is 0 Å². The van der Waals surface area contributed by atoms with Crippen LogP contribution in [0, 0.1) is 30.1 Å². The van der Waals surface area contributed by atoms with Crippen molar-refractivity contribution in [3.63, 3.8) is 0 Å². The second kappa shape index (κ2) is 8.10. The molecule has 2 atom stereocenters. The first-order valence-corrected chi connectivity index (χ1v) is 11.3. The topological polar surface area (TPSA) is 62.6 Å². The maximum Gasteiger partial charge on any atom is 0.279 e. The number of likely N-dealkylation sites (N-methyl/N-ethyl adjacent to an activating group) is 1. The van der Waals surface area contributed by atoms with E-state index in [1.807, 2.05) is 38.2 Å². The smallest absolute Gasteiger partial charge is 0.279 e. The van der Waals surface area contributed by atoms with E-state index in [1.165, 1.54) is 38.5 Å². The SMILES string of the molecule is Cc1ccc(NC(=O)C[NH+](C)CC(=O)N[C@@H](C)C23CC4CC(CC(C4)C2)C3)cc1. The molecule has 29 heavy (non-hydrogen) atoms. The highest BCUT2D eigenvalue weighted by Crippen LogP contribution is 2.61. The highest BCUT2D eigenvalue weighted by Gasteiger charge is 2.53. The van der Waals surface area contributed by atoms with Crippen molar-refractivity contribution in [2.24, 2.45) is 23.2 Å². The van der Waals surface area contributed by atoms with E-state index >= 15 is 0 Å². The van der Waals surface area contributed by atoms with Crippen LogP contribution in [0.5, 0.6) is 0 Å². The number of benzene rings is 1. The number of quaternary nitrogens is 1. The Morgan fingerprint density at radius 1 is 1.00 bits per heavy atom. The summed E-state index contributed by atoms with van der Waals surface area (Å²) in [6, 6.07) is 8.00. The van der Waals surface area contributed by atoms with Gasteiger partial charge in [-0.1, -0.05) is 17.7 Å². The highest BCUT2D eigenvalue weighted by atomic mass is 16.2. The monoisotopic (exact) mass is 398 g/mol. The lowest BCUT2D eigenvalue weighted by Crippen LogP contribution is -3.11. The van der Waals surface area contributed by atoms with Gasteiger partial charge in [0.05, 0.1) is 7.05 Å². The van der Waals surface area contributed by atoms with E-state index in [4.69, 9.17) is 0 Å². The summed E-state index contributed by atoms with van der Waals surface area (Å²) in [6.45, 7) is 4.85. The number of anilines is 1. The van der Waals surface area contributed by atoms with Gasteiger partial charge in [0.25, 0.3) is 11.8 Å². The molecule has 4 aliphatic carbocycles. The van der Waals surface area contributed by atoms with Crippen LogP contribution in [0.4, 0.5) is 5.69 Å². The minimum absolute atomic E-state index is 0.0618. The van der Waals surface area contributed by atoms with Crippen molar-refractivity contribution >= 4 is 17.5 Å². The van der Waals surface area contributed by atoms with E-state index in [2.05, 4.69) is 17.6 Å². The summed E-state index contributed by atoms with van der Waals surface area (Å²) in [5.74, 6) is 2.67. The second-order valence-electron chi connectivity index (χ2n) is 10.3. The van der Waals surface area contributed by atoms with Crippen LogP contribution in [0.3, 0.4) is 0 Å². The number of nitrogens with one attached hydrogen (secondary N) is 3. The predicted octanol–water partition coefficient (Wildman–Crippen LogP) is 2.17. The van der Waals surface area contributed by atoms with Gasteiger partial charge in [-0.15, -0.1) is 0 Å². The van der Waals surface area contributed by atoms with E-state index in [0.717, 1.165) is 33.9 Å². The van der Waals surface area contributed by atoms with Crippen molar-refractivity contribution < 1.29 is 14.5 Å². The molecule has 1 aromatic rings. The van der Waals surface area contributed by atoms with Gasteiger partial charge in [0.1, 0.15) is 0 Å². The third-order valence-corrected chi connectivity index (χ3v) is 7.64. The summed E-state index contributed by atoms with van der Waals surface area (Å²) in [4.78, 5) is 25.9. The van der Waals surface area contributed by atoms with Gasteiger partial charge in [0, 0.05) is 11.7 Å². The molecule has 4 saturated carbocycles. The van der Waals surface area contributed by atoms with Gasteiger partial charge < -0.3 is 15.5 Å². The number of aryl methyl sites for hydroxylation is 1. The number of rotatable bonds is 7. The zero-order valence-corrected chi connectivity index (χ0v) is 18.1. The molecule has 5 nitrogen and oxygen atoms in total. The maximum absolute atomic E-state index is 12.7. The molecular formula is C24H36N3O2+. The fourth-order valence-corrected chi connectivity index (χ4v) is 6.61. The average molecular weight is 399 g/mol. The Balaban J connectivity index is 1.25. The average Bonchev–Trinajstić information content (AvgIpc) is 2.62. The Morgan fingerprint density at radius 3 is 2.07 bits per heavy atom. The minimum Gasteiger partial charge on any atom is -0.348 e. The van der Waals surface area contributed by atoms with Gasteiger partial charge >= 0.3 is 0 Å². The van der Waals surface area contributed by atoms with E-state index in [-0.39, 0.29) is 24.4 Å². The summed E-state index contributed by atoms with van der Waals surface area (Å²) in [5.41, 5.74) is 2.28. The summed E-state index contributed by atoms with van der Waals surface area (Å²) < 4.78 is 0. The summed E-state index contributed by atoms with van der Waals surface area (Å²) in [7, 11) is 1.91. The Bertz CT molecular complexity index is 723. The van der Waals surface area contributed by atoms with Crippen molar-refractivity contribution in [1.29, 1.82) is 0 Å². The molecule has 158 valence electrons. The molecule has 5 heteroatoms. The number of amides is 2. The summed E-state index contributed by atoms with van der Waals surface area (Å²) >= 11 is 0. The summed E-state index contributed by atoms with van der Waals surface area (Å²) in [5, 5.41) is 6.22. The minimum atomic E-state index is -0.0618. The molecule has 0 aromatic heterocycles. The molecule has 2 amide bonds. The molecule has 4 aliphatic rings. The van der Waals surface area contributed by atoms with Crippen LogP contribution in [-0.4, -0.2) is 38.0 Å². The lowest BCUT2D eigenvalue weighted by Gasteiger charge is -2.59. The number of carbonyl (C=O) groups excluding carboxylic acids is 2. The van der Waals surface area contributed by atoms with Crippen LogP contribution in [-0.2, 0) is 9.59 Å². The third kappa shape index (κ3) is 4.66. The lowest BCUT2D eigenvalue weighted by atomic mass is 9.48. The fraction of sp³-hybridized carbons (Fsp3) is 0.667. The van der Waals surface area contributed by atoms with Crippen molar-refractivity contribution in [2.75, 3.05) is 25.5 Å². The molecule has 0 radical (unpaired) electrons. The van der Waals surface area contributed by atoms with E-state index in [9.17, 15) is 9.59 Å². The first-order valence-electron chi connectivity index (χ1n) is 11.3. The van der Waals surface area contributed by atoms with Gasteiger partial charge in [-0.05, 0) is 87.7 Å². The molecule has 0 saturated heterocycles. The highest BCUT2D eigenvalue weighted by molar-refractivity contribution is 5.91. The van der Waals surface area contributed by atoms with Gasteiger partial charge in [-0.25, -0.2) is 0 Å². The zero-order chi connectivity index (χ0) is 20.6. The Kier molecular flexibility index (Phi) is 5.69. The van der Waals surface area contributed by atoms with Crippen molar-refractivity contribution in [3.8, 4) is 0 Å². The van der Waals surface area contributed by atoms with Crippen molar-refractivity contribution in [1.82, 2.24) is 5.32 Å². The van der Waals surface area contributed by atoms with Gasteiger partial charge in [-0.3, -0.25) is 9.59 Å². The fourth-order valence-electron chi connectivity index (χ4n) is 6.61. The van der Waals surface area contributed by atoms with E-state index in [0.29, 0.717) is 12.0 Å². The van der Waals surface area contributed by atoms with Gasteiger partial charge in [-0.2, -0.15) is 0 Å². The largest absolute Gasteiger partial charge is 0.348 e.